The van der Waals surface area contributed by atoms with Crippen molar-refractivity contribution in [3.8, 4) is 0 Å². The van der Waals surface area contributed by atoms with E-state index in [1.165, 1.54) is 25.0 Å². The molecular formula is C12H26OS. The second-order valence-electron chi connectivity index (χ2n) is 4.85. The van der Waals surface area contributed by atoms with Crippen LogP contribution in [0.5, 0.6) is 0 Å². The molecule has 0 heterocycles. The first-order valence-corrected chi connectivity index (χ1v) is 6.72. The lowest BCUT2D eigenvalue weighted by atomic mass is 9.96. The first-order valence-electron chi connectivity index (χ1n) is 5.73. The monoisotopic (exact) mass is 218 g/mol. The topological polar surface area (TPSA) is 20.2 Å². The Morgan fingerprint density at radius 2 is 1.79 bits per heavy atom. The van der Waals surface area contributed by atoms with Crippen molar-refractivity contribution in [2.45, 2.75) is 64.7 Å². The van der Waals surface area contributed by atoms with Crippen LogP contribution in [0.25, 0.3) is 0 Å². The average Bonchev–Trinajstić information content (AvgIpc) is 2.11. The largest absolute Gasteiger partial charge is 0.391 e. The highest BCUT2D eigenvalue weighted by Crippen LogP contribution is 2.32. The van der Waals surface area contributed by atoms with Gasteiger partial charge in [-0.2, -0.15) is 11.8 Å². The van der Waals surface area contributed by atoms with Gasteiger partial charge in [-0.25, -0.2) is 0 Å². The van der Waals surface area contributed by atoms with E-state index >= 15 is 0 Å². The van der Waals surface area contributed by atoms with Crippen molar-refractivity contribution in [3.63, 3.8) is 0 Å². The zero-order valence-corrected chi connectivity index (χ0v) is 11.2. The summed E-state index contributed by atoms with van der Waals surface area (Å²) in [4.78, 5) is 0. The van der Waals surface area contributed by atoms with Crippen molar-refractivity contribution in [2.24, 2.45) is 5.92 Å². The van der Waals surface area contributed by atoms with Gasteiger partial charge in [0.1, 0.15) is 0 Å². The van der Waals surface area contributed by atoms with Gasteiger partial charge in [0.2, 0.25) is 0 Å². The summed E-state index contributed by atoms with van der Waals surface area (Å²) in [5, 5.41) is 9.99. The lowest BCUT2D eigenvalue weighted by molar-refractivity contribution is 0.0956. The molecule has 0 aromatic heterocycles. The normalized spacial score (nSPS) is 14.8. The molecule has 0 aliphatic heterocycles. The molecule has 1 atom stereocenters. The van der Waals surface area contributed by atoms with Gasteiger partial charge in [-0.05, 0) is 31.9 Å². The molecule has 1 nitrogen and oxygen atoms in total. The van der Waals surface area contributed by atoms with Gasteiger partial charge in [-0.3, -0.25) is 0 Å². The molecule has 2 heteroatoms. The van der Waals surface area contributed by atoms with Crippen LogP contribution in [0.15, 0.2) is 0 Å². The average molecular weight is 218 g/mol. The fourth-order valence-corrected chi connectivity index (χ4v) is 2.89. The molecular weight excluding hydrogens is 192 g/mol. The summed E-state index contributed by atoms with van der Waals surface area (Å²) in [6.07, 6.45) is 3.65. The van der Waals surface area contributed by atoms with Gasteiger partial charge in [0, 0.05) is 4.75 Å². The molecule has 0 saturated heterocycles. The molecule has 0 aromatic rings. The maximum Gasteiger partial charge on any atom is 0.0704 e. The fraction of sp³-hybridized carbons (Fsp3) is 1.00. The van der Waals surface area contributed by atoms with Crippen molar-refractivity contribution in [1.29, 1.82) is 0 Å². The van der Waals surface area contributed by atoms with E-state index in [0.717, 1.165) is 0 Å². The number of aliphatic hydroxyl groups is 1. The Kier molecular flexibility index (Phi) is 6.88. The van der Waals surface area contributed by atoms with E-state index in [4.69, 9.17) is 0 Å². The Hall–Kier alpha value is 0.310. The molecule has 86 valence electrons. The van der Waals surface area contributed by atoms with Crippen LogP contribution in [0.2, 0.25) is 0 Å². The molecule has 14 heavy (non-hydrogen) atoms. The fourth-order valence-electron chi connectivity index (χ4n) is 1.58. The minimum absolute atomic E-state index is 0.00189. The van der Waals surface area contributed by atoms with Crippen molar-refractivity contribution >= 4 is 11.8 Å². The molecule has 0 bridgehead atoms. The van der Waals surface area contributed by atoms with E-state index in [9.17, 15) is 5.11 Å². The molecule has 0 radical (unpaired) electrons. The van der Waals surface area contributed by atoms with Crippen molar-refractivity contribution in [2.75, 3.05) is 5.75 Å². The summed E-state index contributed by atoms with van der Waals surface area (Å²) in [6, 6.07) is 0. The molecule has 0 aliphatic carbocycles. The minimum Gasteiger partial charge on any atom is -0.391 e. The van der Waals surface area contributed by atoms with Gasteiger partial charge in [-0.1, -0.05) is 33.6 Å². The van der Waals surface area contributed by atoms with Crippen molar-refractivity contribution < 1.29 is 5.11 Å². The second kappa shape index (κ2) is 6.73. The number of unbranched alkanes of at least 4 members (excludes halogenated alkanes) is 2. The first kappa shape index (κ1) is 14.3. The zero-order valence-electron chi connectivity index (χ0n) is 10.3. The van der Waals surface area contributed by atoms with Crippen LogP contribution >= 0.6 is 11.8 Å². The van der Waals surface area contributed by atoms with Crippen LogP contribution in [-0.2, 0) is 0 Å². The van der Waals surface area contributed by atoms with Gasteiger partial charge in [0.05, 0.1) is 6.10 Å². The number of hydrogen-bond acceptors (Lipinski definition) is 2. The molecule has 0 fully saturated rings. The second-order valence-corrected chi connectivity index (χ2v) is 6.60. The smallest absolute Gasteiger partial charge is 0.0704 e. The maximum atomic E-state index is 9.99. The number of thioether (sulfide) groups is 1. The maximum absolute atomic E-state index is 9.99. The predicted octanol–water partition coefficient (Wildman–Crippen LogP) is 3.71. The molecule has 0 rings (SSSR count). The van der Waals surface area contributed by atoms with E-state index in [0.29, 0.717) is 5.92 Å². The minimum atomic E-state index is -0.200. The third-order valence-electron chi connectivity index (χ3n) is 2.57. The quantitative estimate of drug-likeness (QED) is 0.657. The van der Waals surface area contributed by atoms with E-state index < -0.39 is 0 Å². The van der Waals surface area contributed by atoms with E-state index in [2.05, 4.69) is 34.6 Å². The first-order chi connectivity index (χ1) is 6.41. The third kappa shape index (κ3) is 5.26. The lowest BCUT2D eigenvalue weighted by Gasteiger charge is -2.32. The van der Waals surface area contributed by atoms with Gasteiger partial charge < -0.3 is 5.11 Å². The summed E-state index contributed by atoms with van der Waals surface area (Å²) in [7, 11) is 0. The molecule has 0 amide bonds. The van der Waals surface area contributed by atoms with Gasteiger partial charge in [0.25, 0.3) is 0 Å². The summed E-state index contributed by atoms with van der Waals surface area (Å²) in [5.41, 5.74) is 0. The van der Waals surface area contributed by atoms with Crippen molar-refractivity contribution in [3.05, 3.63) is 0 Å². The zero-order chi connectivity index (χ0) is 11.2. The van der Waals surface area contributed by atoms with E-state index in [1.54, 1.807) is 0 Å². The van der Waals surface area contributed by atoms with Crippen LogP contribution in [-0.4, -0.2) is 21.7 Å². The van der Waals surface area contributed by atoms with Crippen molar-refractivity contribution in [1.82, 2.24) is 0 Å². The lowest BCUT2D eigenvalue weighted by Crippen LogP contribution is -2.37. The van der Waals surface area contributed by atoms with Crippen LogP contribution < -0.4 is 0 Å². The van der Waals surface area contributed by atoms with Crippen LogP contribution in [0.4, 0.5) is 0 Å². The Bertz CT molecular complexity index is 143. The Morgan fingerprint density at radius 3 is 2.21 bits per heavy atom. The summed E-state index contributed by atoms with van der Waals surface area (Å²) < 4.78 is 0.00189. The standard InChI is InChI=1S/C12H26OS/c1-6-7-8-9-14-12(4,5)11(13)10(2)3/h10-11,13H,6-9H2,1-5H3. The Morgan fingerprint density at radius 1 is 1.21 bits per heavy atom. The van der Waals surface area contributed by atoms with Gasteiger partial charge in [-0.15, -0.1) is 0 Å². The van der Waals surface area contributed by atoms with Crippen LogP contribution in [0, 0.1) is 5.92 Å². The molecule has 0 aliphatic rings. The summed E-state index contributed by atoms with van der Waals surface area (Å²) in [6.45, 7) is 10.7. The molecule has 0 saturated carbocycles. The highest BCUT2D eigenvalue weighted by Gasteiger charge is 2.30. The van der Waals surface area contributed by atoms with Gasteiger partial charge >= 0.3 is 0 Å². The highest BCUT2D eigenvalue weighted by molar-refractivity contribution is 8.00. The van der Waals surface area contributed by atoms with E-state index in [1.807, 2.05) is 11.8 Å². The van der Waals surface area contributed by atoms with E-state index in [-0.39, 0.29) is 10.9 Å². The number of rotatable bonds is 7. The SMILES string of the molecule is CCCCCSC(C)(C)C(O)C(C)C. The Balaban J connectivity index is 3.82. The molecule has 0 aromatic carbocycles. The third-order valence-corrected chi connectivity index (χ3v) is 4.04. The van der Waals surface area contributed by atoms with Crippen LogP contribution in [0.3, 0.4) is 0 Å². The molecule has 1 N–H and O–H groups in total. The predicted molar refractivity (Wildman–Crippen MR) is 66.9 cm³/mol. The summed E-state index contributed by atoms with van der Waals surface area (Å²) in [5.74, 6) is 1.52. The molecule has 0 spiro atoms. The number of aliphatic hydroxyl groups excluding tert-OH is 1. The summed E-state index contributed by atoms with van der Waals surface area (Å²) >= 11 is 1.91. The van der Waals surface area contributed by atoms with Crippen LogP contribution in [0.1, 0.15) is 53.9 Å². The molecule has 1 unspecified atom stereocenters. The van der Waals surface area contributed by atoms with Gasteiger partial charge in [0.15, 0.2) is 0 Å². The Labute approximate surface area is 93.7 Å². The highest BCUT2D eigenvalue weighted by atomic mass is 32.2. The number of hydrogen-bond donors (Lipinski definition) is 1.